The third-order valence-corrected chi connectivity index (χ3v) is 2.40. The first-order chi connectivity index (χ1) is 7.52. The predicted octanol–water partition coefficient (Wildman–Crippen LogP) is 3.31. The molecule has 0 aromatic heterocycles. The van der Waals surface area contributed by atoms with Crippen LogP contribution in [-0.2, 0) is 0 Å². The third-order valence-electron chi connectivity index (χ3n) is 2.18. The quantitative estimate of drug-likeness (QED) is 0.857. The Labute approximate surface area is 102 Å². The molecule has 0 bridgehead atoms. The van der Waals surface area contributed by atoms with Crippen LogP contribution >= 0.6 is 11.6 Å². The van der Waals surface area contributed by atoms with Gasteiger partial charge in [0.2, 0.25) is 0 Å². The molecule has 89 valence electrons. The van der Waals surface area contributed by atoms with Gasteiger partial charge < -0.3 is 9.84 Å². The Morgan fingerprint density at radius 3 is 2.62 bits per heavy atom. The van der Waals surface area contributed by atoms with Crippen LogP contribution < -0.4 is 4.74 Å². The molecule has 0 aliphatic heterocycles. The predicted molar refractivity (Wildman–Crippen MR) is 66.9 cm³/mol. The van der Waals surface area contributed by atoms with Crippen LogP contribution in [0.15, 0.2) is 18.2 Å². The number of hydrogen-bond donors (Lipinski definition) is 1. The van der Waals surface area contributed by atoms with Crippen molar-refractivity contribution in [1.82, 2.24) is 0 Å². The Balaban J connectivity index is 2.81. The molecule has 0 saturated heterocycles. The zero-order chi connectivity index (χ0) is 12.1. The number of rotatable bonds is 5. The van der Waals surface area contributed by atoms with Gasteiger partial charge in [-0.05, 0) is 29.7 Å². The lowest BCUT2D eigenvalue weighted by molar-refractivity contribution is 0.270. The molecule has 2 nitrogen and oxygen atoms in total. The van der Waals surface area contributed by atoms with E-state index < -0.39 is 0 Å². The van der Waals surface area contributed by atoms with Crippen LogP contribution in [0.2, 0.25) is 5.02 Å². The third kappa shape index (κ3) is 4.03. The molecule has 0 atom stereocenters. The van der Waals surface area contributed by atoms with Gasteiger partial charge in [0, 0.05) is 10.9 Å². The highest BCUT2D eigenvalue weighted by atomic mass is 35.5. The zero-order valence-electron chi connectivity index (χ0n) is 9.96. The van der Waals surface area contributed by atoms with Gasteiger partial charge in [-0.15, -0.1) is 0 Å². The summed E-state index contributed by atoms with van der Waals surface area (Å²) in [6, 6.07) is 5.52. The largest absolute Gasteiger partial charge is 0.493 e. The Morgan fingerprint density at radius 2 is 2.06 bits per heavy atom. The molecule has 0 saturated carbocycles. The smallest absolute Gasteiger partial charge is 0.121 e. The van der Waals surface area contributed by atoms with E-state index in [0.29, 0.717) is 17.5 Å². The van der Waals surface area contributed by atoms with Gasteiger partial charge in [0.15, 0.2) is 0 Å². The van der Waals surface area contributed by atoms with E-state index in [4.69, 9.17) is 21.4 Å². The molecule has 1 aromatic rings. The first kappa shape index (κ1) is 13.3. The van der Waals surface area contributed by atoms with Crippen LogP contribution in [0.5, 0.6) is 5.75 Å². The van der Waals surface area contributed by atoms with Crippen molar-refractivity contribution in [3.63, 3.8) is 0 Å². The van der Waals surface area contributed by atoms with Crippen molar-refractivity contribution in [2.75, 3.05) is 13.2 Å². The Kier molecular flexibility index (Phi) is 5.10. The van der Waals surface area contributed by atoms with Crippen molar-refractivity contribution in [2.24, 2.45) is 5.92 Å². The highest BCUT2D eigenvalue weighted by Gasteiger charge is 2.08. The number of aliphatic hydroxyl groups excluding tert-OH is 1. The average Bonchev–Trinajstić information content (AvgIpc) is 2.24. The highest BCUT2D eigenvalue weighted by Crippen LogP contribution is 2.25. The Morgan fingerprint density at radius 1 is 1.38 bits per heavy atom. The lowest BCUT2D eigenvalue weighted by Gasteiger charge is -2.13. The first-order valence-electron chi connectivity index (χ1n) is 5.40. The molecule has 0 fully saturated rings. The minimum absolute atomic E-state index is 0.0317. The van der Waals surface area contributed by atoms with Gasteiger partial charge in [0.25, 0.3) is 0 Å². The van der Waals surface area contributed by atoms with E-state index in [-0.39, 0.29) is 6.61 Å². The first-order valence-corrected chi connectivity index (χ1v) is 5.77. The minimum atomic E-state index is 0.0317. The zero-order valence-corrected chi connectivity index (χ0v) is 10.7. The fourth-order valence-electron chi connectivity index (χ4n) is 1.25. The number of ether oxygens (including phenoxy) is 1. The summed E-state index contributed by atoms with van der Waals surface area (Å²) < 4.78 is 5.60. The second-order valence-corrected chi connectivity index (χ2v) is 4.76. The number of halogens is 1. The molecule has 0 heterocycles. The van der Waals surface area contributed by atoms with E-state index in [0.717, 1.165) is 17.2 Å². The van der Waals surface area contributed by atoms with Gasteiger partial charge in [-0.2, -0.15) is 0 Å². The van der Waals surface area contributed by atoms with E-state index in [2.05, 4.69) is 13.8 Å². The van der Waals surface area contributed by atoms with Crippen molar-refractivity contribution in [2.45, 2.75) is 20.8 Å². The minimum Gasteiger partial charge on any atom is -0.493 e. The second kappa shape index (κ2) is 6.12. The van der Waals surface area contributed by atoms with E-state index >= 15 is 0 Å². The van der Waals surface area contributed by atoms with Crippen LogP contribution in [0.1, 0.15) is 26.3 Å². The molecule has 1 rings (SSSR count). The standard InChI is InChI=1S/C13H18ClO2/c1-9(2)8-16-13-5-11(10(3)7-15)4-12(14)6-13/h4-6,9,15H,7-8H2,1-3H3. The molecule has 1 radical (unpaired) electrons. The molecule has 1 N–H and O–H groups in total. The van der Waals surface area contributed by atoms with Crippen LogP contribution in [0.25, 0.3) is 0 Å². The molecule has 0 aliphatic rings. The SMILES string of the molecule is C[C](CO)c1cc(Cl)cc(OCC(C)C)c1. The van der Waals surface area contributed by atoms with Gasteiger partial charge in [-0.25, -0.2) is 0 Å². The van der Waals surface area contributed by atoms with E-state index in [1.807, 2.05) is 19.1 Å². The molecule has 1 aromatic carbocycles. The molecule has 3 heteroatoms. The molecular formula is C13H18ClO2. The lowest BCUT2D eigenvalue weighted by atomic mass is 10.0. The highest BCUT2D eigenvalue weighted by molar-refractivity contribution is 6.30. The molecule has 16 heavy (non-hydrogen) atoms. The summed E-state index contributed by atoms with van der Waals surface area (Å²) in [4.78, 5) is 0. The number of hydrogen-bond acceptors (Lipinski definition) is 2. The summed E-state index contributed by atoms with van der Waals surface area (Å²) in [7, 11) is 0. The molecule has 0 aliphatic carbocycles. The summed E-state index contributed by atoms with van der Waals surface area (Å²) >= 11 is 5.99. The Hall–Kier alpha value is -0.730. The number of aliphatic hydroxyl groups is 1. The monoisotopic (exact) mass is 241 g/mol. The maximum absolute atomic E-state index is 9.07. The maximum atomic E-state index is 9.07. The van der Waals surface area contributed by atoms with Crippen LogP contribution in [0.3, 0.4) is 0 Å². The number of benzene rings is 1. The molecule has 0 amide bonds. The fourth-order valence-corrected chi connectivity index (χ4v) is 1.47. The summed E-state index contributed by atoms with van der Waals surface area (Å²) in [5.74, 6) is 2.12. The molecular weight excluding hydrogens is 224 g/mol. The van der Waals surface area contributed by atoms with Crippen molar-refractivity contribution >= 4 is 11.6 Å². The average molecular weight is 242 g/mol. The topological polar surface area (TPSA) is 29.5 Å². The van der Waals surface area contributed by atoms with Gasteiger partial charge >= 0.3 is 0 Å². The summed E-state index contributed by atoms with van der Waals surface area (Å²) in [5.41, 5.74) is 0.925. The van der Waals surface area contributed by atoms with Crippen molar-refractivity contribution in [3.05, 3.63) is 34.7 Å². The van der Waals surface area contributed by atoms with E-state index in [1.165, 1.54) is 0 Å². The van der Waals surface area contributed by atoms with E-state index in [9.17, 15) is 0 Å². The normalized spacial score (nSPS) is 11.2. The van der Waals surface area contributed by atoms with E-state index in [1.54, 1.807) is 6.07 Å². The molecule has 0 spiro atoms. The van der Waals surface area contributed by atoms with Crippen LogP contribution in [0.4, 0.5) is 0 Å². The fraction of sp³-hybridized carbons (Fsp3) is 0.462. The summed E-state index contributed by atoms with van der Waals surface area (Å²) in [5, 5.41) is 9.70. The van der Waals surface area contributed by atoms with Gasteiger partial charge in [-0.1, -0.05) is 32.4 Å². The van der Waals surface area contributed by atoms with Crippen molar-refractivity contribution in [3.8, 4) is 5.75 Å². The maximum Gasteiger partial charge on any atom is 0.121 e. The molecule has 0 unspecified atom stereocenters. The van der Waals surface area contributed by atoms with Gasteiger partial charge in [-0.3, -0.25) is 0 Å². The van der Waals surface area contributed by atoms with Gasteiger partial charge in [0.1, 0.15) is 5.75 Å². The lowest BCUT2D eigenvalue weighted by Crippen LogP contribution is -2.06. The van der Waals surface area contributed by atoms with Crippen molar-refractivity contribution in [1.29, 1.82) is 0 Å². The van der Waals surface area contributed by atoms with Crippen LogP contribution in [0, 0.1) is 11.8 Å². The van der Waals surface area contributed by atoms with Crippen molar-refractivity contribution < 1.29 is 9.84 Å². The summed E-state index contributed by atoms with van der Waals surface area (Å²) in [6.45, 7) is 6.76. The van der Waals surface area contributed by atoms with Crippen LogP contribution in [-0.4, -0.2) is 18.3 Å². The summed E-state index contributed by atoms with van der Waals surface area (Å²) in [6.07, 6.45) is 0. The second-order valence-electron chi connectivity index (χ2n) is 4.32. The van der Waals surface area contributed by atoms with Gasteiger partial charge in [0.05, 0.1) is 13.2 Å². The Bertz CT molecular complexity index is 337.